The van der Waals surface area contributed by atoms with Crippen LogP contribution in [-0.2, 0) is 4.79 Å². The Bertz CT molecular complexity index is 412. The van der Waals surface area contributed by atoms with E-state index in [1.807, 2.05) is 24.3 Å². The van der Waals surface area contributed by atoms with Crippen LogP contribution >= 0.6 is 12.2 Å². The molecule has 0 unspecified atom stereocenters. The van der Waals surface area contributed by atoms with Crippen molar-refractivity contribution in [2.24, 2.45) is 5.73 Å². The molecular weight excluding hydrogens is 224 g/mol. The van der Waals surface area contributed by atoms with Crippen LogP contribution in [0.15, 0.2) is 30.3 Å². The first-order chi connectivity index (χ1) is 7.61. The highest BCUT2D eigenvalue weighted by atomic mass is 32.1. The Hall–Kier alpha value is -1.88. The van der Waals surface area contributed by atoms with Gasteiger partial charge in [0, 0.05) is 6.08 Å². The van der Waals surface area contributed by atoms with Crippen LogP contribution in [0.5, 0.6) is 5.75 Å². The summed E-state index contributed by atoms with van der Waals surface area (Å²) in [6.45, 7) is 0. The number of hydrogen-bond acceptors (Lipinski definition) is 3. The van der Waals surface area contributed by atoms with Gasteiger partial charge in [-0.25, -0.2) is 0 Å². The highest BCUT2D eigenvalue weighted by Gasteiger charge is 1.95. The van der Waals surface area contributed by atoms with Crippen molar-refractivity contribution in [1.29, 1.82) is 0 Å². The Labute approximate surface area is 99.1 Å². The predicted octanol–water partition coefficient (Wildman–Crippen LogP) is 1.07. The molecule has 0 aliphatic rings. The zero-order valence-corrected chi connectivity index (χ0v) is 9.58. The molecule has 5 heteroatoms. The minimum absolute atomic E-state index is 0.0376. The second-order valence-electron chi connectivity index (χ2n) is 2.96. The Morgan fingerprint density at radius 3 is 2.56 bits per heavy atom. The fraction of sp³-hybridized carbons (Fsp3) is 0.0909. The van der Waals surface area contributed by atoms with E-state index in [2.05, 4.69) is 17.5 Å². The summed E-state index contributed by atoms with van der Waals surface area (Å²) in [7, 11) is 1.60. The summed E-state index contributed by atoms with van der Waals surface area (Å²) >= 11 is 4.53. The summed E-state index contributed by atoms with van der Waals surface area (Å²) in [6.07, 6.45) is 3.02. The molecule has 0 aromatic heterocycles. The molecule has 1 amide bonds. The minimum atomic E-state index is -0.344. The first-order valence-electron chi connectivity index (χ1n) is 4.54. The number of thiocarbonyl (C=S) groups is 1. The average Bonchev–Trinajstić information content (AvgIpc) is 2.26. The van der Waals surface area contributed by atoms with Crippen molar-refractivity contribution in [3.63, 3.8) is 0 Å². The van der Waals surface area contributed by atoms with Gasteiger partial charge in [-0.2, -0.15) is 0 Å². The normalized spacial score (nSPS) is 10.1. The third kappa shape index (κ3) is 4.10. The van der Waals surface area contributed by atoms with Gasteiger partial charge in [-0.15, -0.1) is 0 Å². The molecular formula is C11H12N2O2S. The highest BCUT2D eigenvalue weighted by Crippen LogP contribution is 2.11. The lowest BCUT2D eigenvalue weighted by atomic mass is 10.2. The molecule has 0 spiro atoms. The second-order valence-corrected chi connectivity index (χ2v) is 3.40. The molecule has 4 nitrogen and oxygen atoms in total. The summed E-state index contributed by atoms with van der Waals surface area (Å²) < 4.78 is 5.01. The molecule has 1 aromatic rings. The van der Waals surface area contributed by atoms with E-state index in [1.165, 1.54) is 6.08 Å². The maximum Gasteiger partial charge on any atom is 0.250 e. The van der Waals surface area contributed by atoms with Crippen molar-refractivity contribution in [2.75, 3.05) is 7.11 Å². The van der Waals surface area contributed by atoms with Crippen LogP contribution in [0.3, 0.4) is 0 Å². The van der Waals surface area contributed by atoms with E-state index in [0.29, 0.717) is 0 Å². The number of nitrogens with one attached hydrogen (secondary N) is 1. The number of ether oxygens (including phenoxy) is 1. The summed E-state index contributed by atoms with van der Waals surface area (Å²) in [5.74, 6) is 0.424. The Balaban J connectivity index is 2.62. The third-order valence-electron chi connectivity index (χ3n) is 1.79. The van der Waals surface area contributed by atoms with Gasteiger partial charge < -0.3 is 10.5 Å². The number of rotatable bonds is 3. The molecule has 0 aliphatic carbocycles. The largest absolute Gasteiger partial charge is 0.497 e. The molecule has 0 saturated heterocycles. The van der Waals surface area contributed by atoms with Gasteiger partial charge in [0.05, 0.1) is 7.11 Å². The van der Waals surface area contributed by atoms with E-state index in [1.54, 1.807) is 13.2 Å². The molecule has 3 N–H and O–H groups in total. The highest BCUT2D eigenvalue weighted by molar-refractivity contribution is 7.80. The molecule has 0 fully saturated rings. The Morgan fingerprint density at radius 2 is 2.06 bits per heavy atom. The lowest BCUT2D eigenvalue weighted by Crippen LogP contribution is -2.33. The number of hydrogen-bond donors (Lipinski definition) is 2. The topological polar surface area (TPSA) is 64.3 Å². The zero-order valence-electron chi connectivity index (χ0n) is 8.77. The number of nitrogens with two attached hydrogens (primary N) is 1. The van der Waals surface area contributed by atoms with Gasteiger partial charge in [0.25, 0.3) is 0 Å². The smallest absolute Gasteiger partial charge is 0.250 e. The van der Waals surface area contributed by atoms with Crippen LogP contribution in [0.25, 0.3) is 6.08 Å². The third-order valence-corrected chi connectivity index (χ3v) is 1.89. The molecule has 0 atom stereocenters. The second kappa shape index (κ2) is 5.87. The van der Waals surface area contributed by atoms with Crippen molar-refractivity contribution >= 4 is 29.3 Å². The molecule has 84 valence electrons. The van der Waals surface area contributed by atoms with Crippen LogP contribution in [0.1, 0.15) is 5.56 Å². The van der Waals surface area contributed by atoms with E-state index in [0.717, 1.165) is 11.3 Å². The van der Waals surface area contributed by atoms with Crippen molar-refractivity contribution < 1.29 is 9.53 Å². The van der Waals surface area contributed by atoms with Gasteiger partial charge in [0.2, 0.25) is 5.91 Å². The van der Waals surface area contributed by atoms with Crippen molar-refractivity contribution in [1.82, 2.24) is 5.32 Å². The predicted molar refractivity (Wildman–Crippen MR) is 67.0 cm³/mol. The average molecular weight is 236 g/mol. The Kier molecular flexibility index (Phi) is 4.47. The first-order valence-corrected chi connectivity index (χ1v) is 4.95. The Morgan fingerprint density at radius 1 is 1.44 bits per heavy atom. The van der Waals surface area contributed by atoms with Crippen LogP contribution in [0.4, 0.5) is 0 Å². The standard InChI is InChI=1S/C11H12N2O2S/c1-15-9-5-2-8(3-6-9)4-7-10(14)13-11(12)16/h2-7H,1H3,(H3,12,13,14,16). The number of carbonyl (C=O) groups excluding carboxylic acids is 1. The van der Waals surface area contributed by atoms with E-state index in [-0.39, 0.29) is 11.0 Å². The summed E-state index contributed by atoms with van der Waals surface area (Å²) in [5, 5.41) is 2.26. The van der Waals surface area contributed by atoms with Gasteiger partial charge in [-0.05, 0) is 36.0 Å². The van der Waals surface area contributed by atoms with Gasteiger partial charge in [0.15, 0.2) is 5.11 Å². The molecule has 0 radical (unpaired) electrons. The quantitative estimate of drug-likeness (QED) is 0.608. The number of methoxy groups -OCH3 is 1. The summed E-state index contributed by atoms with van der Waals surface area (Å²) in [4.78, 5) is 11.2. The minimum Gasteiger partial charge on any atom is -0.497 e. The fourth-order valence-electron chi connectivity index (χ4n) is 1.05. The van der Waals surface area contributed by atoms with Gasteiger partial charge in [-0.1, -0.05) is 12.1 Å². The van der Waals surface area contributed by atoms with Crippen LogP contribution in [-0.4, -0.2) is 18.1 Å². The SMILES string of the molecule is COc1ccc(C=CC(=O)NC(N)=S)cc1. The molecule has 1 rings (SSSR count). The lowest BCUT2D eigenvalue weighted by molar-refractivity contribution is -0.115. The van der Waals surface area contributed by atoms with Gasteiger partial charge in [-0.3, -0.25) is 10.1 Å². The molecule has 16 heavy (non-hydrogen) atoms. The molecule has 1 aromatic carbocycles. The molecule has 0 bridgehead atoms. The van der Waals surface area contributed by atoms with E-state index >= 15 is 0 Å². The van der Waals surface area contributed by atoms with Crippen molar-refractivity contribution in [3.05, 3.63) is 35.9 Å². The lowest BCUT2D eigenvalue weighted by Gasteiger charge is -1.99. The van der Waals surface area contributed by atoms with Crippen LogP contribution < -0.4 is 15.8 Å². The van der Waals surface area contributed by atoms with E-state index in [9.17, 15) is 4.79 Å². The van der Waals surface area contributed by atoms with Crippen LogP contribution in [0, 0.1) is 0 Å². The molecule has 0 saturated carbocycles. The maximum atomic E-state index is 11.2. The van der Waals surface area contributed by atoms with E-state index < -0.39 is 0 Å². The van der Waals surface area contributed by atoms with E-state index in [4.69, 9.17) is 10.5 Å². The fourth-order valence-corrected chi connectivity index (χ4v) is 1.15. The van der Waals surface area contributed by atoms with Crippen molar-refractivity contribution in [2.45, 2.75) is 0 Å². The summed E-state index contributed by atoms with van der Waals surface area (Å²) in [5.41, 5.74) is 6.04. The van der Waals surface area contributed by atoms with Crippen molar-refractivity contribution in [3.8, 4) is 5.75 Å². The van der Waals surface area contributed by atoms with Gasteiger partial charge in [0.1, 0.15) is 5.75 Å². The van der Waals surface area contributed by atoms with Gasteiger partial charge >= 0.3 is 0 Å². The monoisotopic (exact) mass is 236 g/mol. The van der Waals surface area contributed by atoms with Crippen LogP contribution in [0.2, 0.25) is 0 Å². The molecule has 0 heterocycles. The number of carbonyl (C=O) groups is 1. The number of benzene rings is 1. The first kappa shape index (κ1) is 12.2. The summed E-state index contributed by atoms with van der Waals surface area (Å²) in [6, 6.07) is 7.29. The number of amides is 1. The maximum absolute atomic E-state index is 11.2. The molecule has 0 aliphatic heterocycles. The zero-order chi connectivity index (χ0) is 12.0.